The van der Waals surface area contributed by atoms with Gasteiger partial charge in [-0.25, -0.2) is 9.07 Å². The molecule has 2 heterocycles. The summed E-state index contributed by atoms with van der Waals surface area (Å²) in [5.41, 5.74) is 3.35. The van der Waals surface area contributed by atoms with Crippen LogP contribution in [0.15, 0.2) is 60.8 Å². The van der Waals surface area contributed by atoms with Crippen LogP contribution in [0.4, 0.5) is 10.2 Å². The number of fused-ring (bicyclic) bond motifs is 1. The third-order valence-electron chi connectivity index (χ3n) is 4.47. The third-order valence-corrected chi connectivity index (χ3v) is 4.69. The highest BCUT2D eigenvalue weighted by atomic mass is 35.5. The zero-order chi connectivity index (χ0) is 19.7. The molecule has 5 nitrogen and oxygen atoms in total. The number of nitrogens with one attached hydrogen (secondary N) is 1. The summed E-state index contributed by atoms with van der Waals surface area (Å²) in [6.45, 7) is 1.80. The molecule has 0 fully saturated rings. The van der Waals surface area contributed by atoms with Crippen molar-refractivity contribution in [3.8, 4) is 11.3 Å². The standard InChI is InChI=1S/C21H16ClFN4O/c1-13-9-16(23)6-7-17(13)19-11-20(27(12-22)26-19)25-21(28)15-5-4-14-3-2-8-24-18(14)10-15/h2-11H,12H2,1H3,(H,25,28). The Morgan fingerprint density at radius 1 is 1.18 bits per heavy atom. The Hall–Kier alpha value is -3.25. The summed E-state index contributed by atoms with van der Waals surface area (Å²) in [6.07, 6.45) is 1.68. The number of nitrogens with zero attached hydrogens (tertiary/aromatic N) is 3. The van der Waals surface area contributed by atoms with Gasteiger partial charge in [0.15, 0.2) is 0 Å². The molecule has 0 aliphatic carbocycles. The summed E-state index contributed by atoms with van der Waals surface area (Å²) in [7, 11) is 0. The van der Waals surface area contributed by atoms with Crippen LogP contribution in [-0.4, -0.2) is 20.7 Å². The van der Waals surface area contributed by atoms with E-state index < -0.39 is 0 Å². The van der Waals surface area contributed by atoms with E-state index in [4.69, 9.17) is 11.6 Å². The fourth-order valence-corrected chi connectivity index (χ4v) is 3.23. The zero-order valence-corrected chi connectivity index (χ0v) is 15.7. The molecule has 4 rings (SSSR count). The quantitative estimate of drug-likeness (QED) is 0.496. The van der Waals surface area contributed by atoms with Crippen molar-refractivity contribution >= 4 is 34.2 Å². The van der Waals surface area contributed by atoms with Crippen molar-refractivity contribution in [1.82, 2.24) is 14.8 Å². The molecule has 140 valence electrons. The minimum Gasteiger partial charge on any atom is -0.307 e. The van der Waals surface area contributed by atoms with Gasteiger partial charge in [0.05, 0.1) is 11.2 Å². The third kappa shape index (κ3) is 3.46. The van der Waals surface area contributed by atoms with Gasteiger partial charge in [0, 0.05) is 28.8 Å². The smallest absolute Gasteiger partial charge is 0.256 e. The number of benzene rings is 2. The summed E-state index contributed by atoms with van der Waals surface area (Å²) in [5, 5.41) is 8.22. The molecule has 0 unspecified atom stereocenters. The van der Waals surface area contributed by atoms with Crippen LogP contribution in [0.25, 0.3) is 22.2 Å². The molecule has 28 heavy (non-hydrogen) atoms. The number of alkyl halides is 1. The van der Waals surface area contributed by atoms with E-state index >= 15 is 0 Å². The summed E-state index contributed by atoms with van der Waals surface area (Å²) in [5.74, 6) is -0.141. The van der Waals surface area contributed by atoms with Gasteiger partial charge in [-0.15, -0.1) is 11.6 Å². The minimum absolute atomic E-state index is 0.0646. The molecule has 1 amide bonds. The highest BCUT2D eigenvalue weighted by Gasteiger charge is 2.15. The van der Waals surface area contributed by atoms with Crippen LogP contribution < -0.4 is 5.32 Å². The van der Waals surface area contributed by atoms with Crippen LogP contribution in [0.1, 0.15) is 15.9 Å². The summed E-state index contributed by atoms with van der Waals surface area (Å²) in [4.78, 5) is 17.0. The highest BCUT2D eigenvalue weighted by molar-refractivity contribution is 6.15. The first-order chi connectivity index (χ1) is 13.5. The molecule has 1 N–H and O–H groups in total. The Bertz CT molecular complexity index is 1190. The summed E-state index contributed by atoms with van der Waals surface area (Å²) in [6, 6.07) is 15.4. The predicted octanol–water partition coefficient (Wildman–Crippen LogP) is 4.99. The summed E-state index contributed by atoms with van der Waals surface area (Å²) < 4.78 is 14.9. The molecule has 0 saturated carbocycles. The van der Waals surface area contributed by atoms with Crippen molar-refractivity contribution in [2.45, 2.75) is 12.9 Å². The van der Waals surface area contributed by atoms with E-state index in [0.717, 1.165) is 22.0 Å². The molecule has 4 aromatic rings. The van der Waals surface area contributed by atoms with E-state index in [9.17, 15) is 9.18 Å². The van der Waals surface area contributed by atoms with Crippen LogP contribution in [0.3, 0.4) is 0 Å². The van der Waals surface area contributed by atoms with Crippen molar-refractivity contribution in [2.24, 2.45) is 0 Å². The molecule has 0 aliphatic heterocycles. The Kier molecular flexibility index (Phi) is 4.79. The van der Waals surface area contributed by atoms with E-state index in [-0.39, 0.29) is 17.7 Å². The maximum atomic E-state index is 13.4. The number of amides is 1. The first-order valence-electron chi connectivity index (χ1n) is 8.61. The van der Waals surface area contributed by atoms with Crippen molar-refractivity contribution in [3.05, 3.63) is 77.7 Å². The predicted molar refractivity (Wildman–Crippen MR) is 108 cm³/mol. The number of halogens is 2. The second kappa shape index (κ2) is 7.40. The average molecular weight is 395 g/mol. The largest absolute Gasteiger partial charge is 0.307 e. The normalized spacial score (nSPS) is 11.0. The Morgan fingerprint density at radius 3 is 2.82 bits per heavy atom. The van der Waals surface area contributed by atoms with Gasteiger partial charge in [-0.1, -0.05) is 12.1 Å². The van der Waals surface area contributed by atoms with E-state index in [1.807, 2.05) is 18.2 Å². The Labute approximate surface area is 165 Å². The minimum atomic E-state index is -0.309. The fraction of sp³-hybridized carbons (Fsp3) is 0.0952. The van der Waals surface area contributed by atoms with Crippen LogP contribution in [0.5, 0.6) is 0 Å². The van der Waals surface area contributed by atoms with Crippen LogP contribution in [-0.2, 0) is 6.00 Å². The zero-order valence-electron chi connectivity index (χ0n) is 15.0. The van der Waals surface area contributed by atoms with Crippen LogP contribution in [0, 0.1) is 12.7 Å². The van der Waals surface area contributed by atoms with Gasteiger partial charge in [-0.05, 0) is 48.9 Å². The van der Waals surface area contributed by atoms with Crippen molar-refractivity contribution in [1.29, 1.82) is 0 Å². The number of rotatable bonds is 4. The van der Waals surface area contributed by atoms with E-state index in [1.165, 1.54) is 16.8 Å². The Balaban J connectivity index is 1.65. The topological polar surface area (TPSA) is 59.8 Å². The number of aryl methyl sites for hydroxylation is 1. The second-order valence-corrected chi connectivity index (χ2v) is 6.60. The lowest BCUT2D eigenvalue weighted by Gasteiger charge is -2.07. The number of hydrogen-bond acceptors (Lipinski definition) is 3. The SMILES string of the molecule is Cc1cc(F)ccc1-c1cc(NC(=O)c2ccc3cccnc3c2)n(CCl)n1. The second-order valence-electron chi connectivity index (χ2n) is 6.36. The average Bonchev–Trinajstić information content (AvgIpc) is 3.10. The molecule has 0 spiro atoms. The monoisotopic (exact) mass is 394 g/mol. The number of pyridine rings is 1. The van der Waals surface area contributed by atoms with Gasteiger partial charge >= 0.3 is 0 Å². The number of hydrogen-bond donors (Lipinski definition) is 1. The molecule has 0 atom stereocenters. The fourth-order valence-electron chi connectivity index (χ4n) is 3.05. The number of carbonyl (C=O) groups excluding carboxylic acids is 1. The summed E-state index contributed by atoms with van der Waals surface area (Å²) >= 11 is 5.98. The maximum Gasteiger partial charge on any atom is 0.256 e. The number of anilines is 1. The van der Waals surface area contributed by atoms with Crippen LogP contribution >= 0.6 is 11.6 Å². The van der Waals surface area contributed by atoms with E-state index in [1.54, 1.807) is 37.4 Å². The van der Waals surface area contributed by atoms with Gasteiger partial charge in [0.1, 0.15) is 17.6 Å². The van der Waals surface area contributed by atoms with Gasteiger partial charge in [-0.2, -0.15) is 5.10 Å². The molecule has 0 bridgehead atoms. The van der Waals surface area contributed by atoms with E-state index in [2.05, 4.69) is 15.4 Å². The van der Waals surface area contributed by atoms with Crippen molar-refractivity contribution in [2.75, 3.05) is 5.32 Å². The molecule has 2 aromatic carbocycles. The van der Waals surface area contributed by atoms with Gasteiger partial charge < -0.3 is 5.32 Å². The lowest BCUT2D eigenvalue weighted by Crippen LogP contribution is -2.15. The first kappa shape index (κ1) is 18.1. The molecule has 0 aliphatic rings. The van der Waals surface area contributed by atoms with Gasteiger partial charge in [0.2, 0.25) is 0 Å². The highest BCUT2D eigenvalue weighted by Crippen LogP contribution is 2.26. The lowest BCUT2D eigenvalue weighted by molar-refractivity contribution is 0.102. The number of aromatic nitrogens is 3. The molecule has 7 heteroatoms. The lowest BCUT2D eigenvalue weighted by atomic mass is 10.1. The molecule has 0 saturated heterocycles. The maximum absolute atomic E-state index is 13.4. The van der Waals surface area contributed by atoms with Crippen LogP contribution in [0.2, 0.25) is 0 Å². The van der Waals surface area contributed by atoms with Gasteiger partial charge in [0.25, 0.3) is 5.91 Å². The number of carbonyl (C=O) groups is 1. The molecule has 0 radical (unpaired) electrons. The van der Waals surface area contributed by atoms with Gasteiger partial charge in [-0.3, -0.25) is 9.78 Å². The molecule has 2 aromatic heterocycles. The van der Waals surface area contributed by atoms with E-state index in [0.29, 0.717) is 17.1 Å². The molecular formula is C21H16ClFN4O. The first-order valence-corrected chi connectivity index (χ1v) is 9.15. The molecular weight excluding hydrogens is 379 g/mol. The van der Waals surface area contributed by atoms with Crippen molar-refractivity contribution in [3.63, 3.8) is 0 Å². The Morgan fingerprint density at radius 2 is 2.04 bits per heavy atom. The van der Waals surface area contributed by atoms with Crippen molar-refractivity contribution < 1.29 is 9.18 Å².